The van der Waals surface area contributed by atoms with Crippen LogP contribution in [0, 0.1) is 5.92 Å². The molecule has 1 atom stereocenters. The normalized spacial score (nSPS) is 33.8. The lowest BCUT2D eigenvalue weighted by Gasteiger charge is -2.25. The molecule has 0 aromatic rings. The van der Waals surface area contributed by atoms with E-state index in [9.17, 15) is 0 Å². The molecule has 1 nitrogen and oxygen atoms in total. The van der Waals surface area contributed by atoms with Crippen LogP contribution < -0.4 is 5.32 Å². The third kappa shape index (κ3) is 3.07. The lowest BCUT2D eigenvalue weighted by Crippen LogP contribution is -2.13. The second-order valence-corrected chi connectivity index (χ2v) is 5.18. The van der Waals surface area contributed by atoms with Crippen molar-refractivity contribution in [2.75, 3.05) is 13.1 Å². The van der Waals surface area contributed by atoms with Gasteiger partial charge in [-0.3, -0.25) is 0 Å². The van der Waals surface area contributed by atoms with E-state index in [-0.39, 0.29) is 0 Å². The zero-order valence-corrected chi connectivity index (χ0v) is 10.1. The highest BCUT2D eigenvalue weighted by molar-refractivity contribution is 5.17. The molecule has 1 heteroatoms. The van der Waals surface area contributed by atoms with Crippen molar-refractivity contribution >= 4 is 0 Å². The molecule has 1 saturated carbocycles. The fourth-order valence-corrected chi connectivity index (χ4v) is 3.10. The Morgan fingerprint density at radius 2 is 1.93 bits per heavy atom. The van der Waals surface area contributed by atoms with E-state index in [1.54, 1.807) is 0 Å². The lowest BCUT2D eigenvalue weighted by atomic mass is 9.81. The van der Waals surface area contributed by atoms with Crippen molar-refractivity contribution in [3.05, 3.63) is 11.1 Å². The molecule has 0 aromatic heterocycles. The van der Waals surface area contributed by atoms with Crippen LogP contribution in [0.2, 0.25) is 0 Å². The maximum absolute atomic E-state index is 3.51. The molecule has 0 amide bonds. The Hall–Kier alpha value is -0.300. The zero-order valence-electron chi connectivity index (χ0n) is 10.1. The standard InChI is InChI=1S/C14H25N/c1-2-12-5-3-6-14(11-12)13-7-4-9-15-10-8-13/h12,15H,2-11H2,1H3. The molecule has 1 N–H and O–H groups in total. The highest BCUT2D eigenvalue weighted by Gasteiger charge is 2.18. The molecule has 1 aliphatic carbocycles. The van der Waals surface area contributed by atoms with Crippen LogP contribution in [-0.4, -0.2) is 13.1 Å². The molecule has 0 aromatic carbocycles. The van der Waals surface area contributed by atoms with Gasteiger partial charge >= 0.3 is 0 Å². The minimum atomic E-state index is 0.998. The molecule has 15 heavy (non-hydrogen) atoms. The predicted molar refractivity (Wildman–Crippen MR) is 66.0 cm³/mol. The van der Waals surface area contributed by atoms with Gasteiger partial charge in [0.2, 0.25) is 0 Å². The van der Waals surface area contributed by atoms with Crippen LogP contribution in [0.5, 0.6) is 0 Å². The first kappa shape index (κ1) is 11.2. The van der Waals surface area contributed by atoms with Gasteiger partial charge in [0.25, 0.3) is 0 Å². The Balaban J connectivity index is 2.01. The molecule has 1 unspecified atom stereocenters. The molecule has 2 fully saturated rings. The molecule has 2 aliphatic rings. The summed E-state index contributed by atoms with van der Waals surface area (Å²) in [5.41, 5.74) is 3.66. The molecule has 1 aliphatic heterocycles. The average molecular weight is 207 g/mol. The number of nitrogens with one attached hydrogen (secondary N) is 1. The van der Waals surface area contributed by atoms with Gasteiger partial charge in [0.15, 0.2) is 0 Å². The van der Waals surface area contributed by atoms with E-state index < -0.39 is 0 Å². The summed E-state index contributed by atoms with van der Waals surface area (Å²) in [6, 6.07) is 0. The second kappa shape index (κ2) is 5.69. The Morgan fingerprint density at radius 3 is 2.80 bits per heavy atom. The summed E-state index contributed by atoms with van der Waals surface area (Å²) in [7, 11) is 0. The third-order valence-electron chi connectivity index (χ3n) is 4.14. The monoisotopic (exact) mass is 207 g/mol. The van der Waals surface area contributed by atoms with E-state index in [1.807, 2.05) is 11.1 Å². The van der Waals surface area contributed by atoms with E-state index in [0.29, 0.717) is 0 Å². The second-order valence-electron chi connectivity index (χ2n) is 5.18. The van der Waals surface area contributed by atoms with Crippen molar-refractivity contribution in [3.63, 3.8) is 0 Å². The van der Waals surface area contributed by atoms with Gasteiger partial charge in [0, 0.05) is 0 Å². The highest BCUT2D eigenvalue weighted by Crippen LogP contribution is 2.34. The molecule has 1 heterocycles. The van der Waals surface area contributed by atoms with Crippen LogP contribution in [0.4, 0.5) is 0 Å². The van der Waals surface area contributed by atoms with Crippen LogP contribution in [0.3, 0.4) is 0 Å². The molecule has 2 rings (SSSR count). The number of hydrogen-bond acceptors (Lipinski definition) is 1. The van der Waals surface area contributed by atoms with E-state index in [1.165, 1.54) is 64.5 Å². The highest BCUT2D eigenvalue weighted by atomic mass is 14.8. The van der Waals surface area contributed by atoms with E-state index in [0.717, 1.165) is 5.92 Å². The number of rotatable bonds is 1. The lowest BCUT2D eigenvalue weighted by molar-refractivity contribution is 0.403. The molecular weight excluding hydrogens is 182 g/mol. The topological polar surface area (TPSA) is 12.0 Å². The van der Waals surface area contributed by atoms with E-state index in [2.05, 4.69) is 12.2 Å². The maximum Gasteiger partial charge on any atom is -0.00115 e. The Morgan fingerprint density at radius 1 is 1.07 bits per heavy atom. The van der Waals surface area contributed by atoms with Crippen molar-refractivity contribution in [3.8, 4) is 0 Å². The van der Waals surface area contributed by atoms with Gasteiger partial charge < -0.3 is 5.32 Å². The summed E-state index contributed by atoms with van der Waals surface area (Å²) >= 11 is 0. The van der Waals surface area contributed by atoms with Crippen molar-refractivity contribution in [2.24, 2.45) is 5.92 Å². The van der Waals surface area contributed by atoms with Crippen molar-refractivity contribution < 1.29 is 0 Å². The van der Waals surface area contributed by atoms with Crippen LogP contribution in [-0.2, 0) is 0 Å². The Bertz CT molecular complexity index is 219. The summed E-state index contributed by atoms with van der Waals surface area (Å²) in [6.07, 6.45) is 11.2. The summed E-state index contributed by atoms with van der Waals surface area (Å²) in [5, 5.41) is 3.51. The fourth-order valence-electron chi connectivity index (χ4n) is 3.10. The van der Waals surface area contributed by atoms with Gasteiger partial charge in [-0.25, -0.2) is 0 Å². The SMILES string of the molecule is CCC1CCCC(=C2CCCNCC2)C1. The summed E-state index contributed by atoms with van der Waals surface area (Å²) in [4.78, 5) is 0. The van der Waals surface area contributed by atoms with Gasteiger partial charge in [0.05, 0.1) is 0 Å². The quantitative estimate of drug-likeness (QED) is 0.647. The zero-order chi connectivity index (χ0) is 10.5. The Kier molecular flexibility index (Phi) is 4.25. The van der Waals surface area contributed by atoms with Gasteiger partial charge in [0.1, 0.15) is 0 Å². The van der Waals surface area contributed by atoms with Gasteiger partial charge in [-0.1, -0.05) is 24.5 Å². The number of allylic oxidation sites excluding steroid dienone is 1. The van der Waals surface area contributed by atoms with Gasteiger partial charge in [-0.15, -0.1) is 0 Å². The van der Waals surface area contributed by atoms with E-state index >= 15 is 0 Å². The van der Waals surface area contributed by atoms with Crippen molar-refractivity contribution in [1.29, 1.82) is 0 Å². The van der Waals surface area contributed by atoms with Crippen LogP contribution in [0.25, 0.3) is 0 Å². The molecule has 1 saturated heterocycles. The van der Waals surface area contributed by atoms with Gasteiger partial charge in [-0.2, -0.15) is 0 Å². The van der Waals surface area contributed by atoms with Crippen LogP contribution >= 0.6 is 0 Å². The maximum atomic E-state index is 3.51. The summed E-state index contributed by atoms with van der Waals surface area (Å²) in [5.74, 6) is 0.998. The molecule has 0 spiro atoms. The Labute approximate surface area is 94.3 Å². The van der Waals surface area contributed by atoms with E-state index in [4.69, 9.17) is 0 Å². The first-order chi connectivity index (χ1) is 7.40. The van der Waals surface area contributed by atoms with Crippen molar-refractivity contribution in [1.82, 2.24) is 5.32 Å². The molecular formula is C14H25N. The van der Waals surface area contributed by atoms with Gasteiger partial charge in [-0.05, 0) is 64.0 Å². The van der Waals surface area contributed by atoms with Crippen LogP contribution in [0.15, 0.2) is 11.1 Å². The fraction of sp³-hybridized carbons (Fsp3) is 0.857. The molecule has 0 bridgehead atoms. The minimum Gasteiger partial charge on any atom is -0.316 e. The minimum absolute atomic E-state index is 0.998. The first-order valence-corrected chi connectivity index (χ1v) is 6.80. The molecule has 86 valence electrons. The molecule has 0 radical (unpaired) electrons. The largest absolute Gasteiger partial charge is 0.316 e. The summed E-state index contributed by atoms with van der Waals surface area (Å²) < 4.78 is 0. The smallest absolute Gasteiger partial charge is 0.00115 e. The average Bonchev–Trinajstić information content (AvgIpc) is 2.58. The number of hydrogen-bond donors (Lipinski definition) is 1. The predicted octanol–water partition coefficient (Wildman–Crippen LogP) is 3.66. The van der Waals surface area contributed by atoms with Crippen LogP contribution in [0.1, 0.15) is 58.3 Å². The first-order valence-electron chi connectivity index (χ1n) is 6.80. The third-order valence-corrected chi connectivity index (χ3v) is 4.14. The summed E-state index contributed by atoms with van der Waals surface area (Å²) in [6.45, 7) is 4.80. The van der Waals surface area contributed by atoms with Crippen molar-refractivity contribution in [2.45, 2.75) is 58.3 Å².